The normalized spacial score (nSPS) is 14.6. The molecule has 1 aromatic heterocycles. The van der Waals surface area contributed by atoms with Gasteiger partial charge < -0.3 is 4.57 Å². The number of aryl methyl sites for hydroxylation is 1. The Morgan fingerprint density at radius 2 is 1.49 bits per heavy atom. The number of hydrogen-bond donors (Lipinski definition) is 1. The van der Waals surface area contributed by atoms with Gasteiger partial charge in [0.25, 0.3) is 0 Å². The quantitative estimate of drug-likeness (QED) is 0.244. The van der Waals surface area contributed by atoms with Crippen LogP contribution in [0.2, 0.25) is 0 Å². The minimum atomic E-state index is -3.57. The Kier molecular flexibility index (Phi) is 7.11. The Hall–Kier alpha value is -3.15. The van der Waals surface area contributed by atoms with Gasteiger partial charge in [0.1, 0.15) is 0 Å². The van der Waals surface area contributed by atoms with Gasteiger partial charge in [0.05, 0.1) is 16.1 Å². The van der Waals surface area contributed by atoms with Crippen LogP contribution in [0.15, 0.2) is 89.8 Å². The molecule has 192 valence electrons. The van der Waals surface area contributed by atoms with E-state index in [1.54, 1.807) is 12.1 Å². The van der Waals surface area contributed by atoms with Crippen molar-refractivity contribution in [3.8, 4) is 0 Å². The summed E-state index contributed by atoms with van der Waals surface area (Å²) in [4.78, 5) is 0.305. The summed E-state index contributed by atoms with van der Waals surface area (Å²) in [5, 5.41) is 1.21. The summed E-state index contributed by atoms with van der Waals surface area (Å²) in [5.74, 6) is 0. The number of sulfonamides is 1. The Bertz CT molecular complexity index is 1530. The number of hydrogen-bond acceptors (Lipinski definition) is 2. The summed E-state index contributed by atoms with van der Waals surface area (Å²) >= 11 is 0. The second-order valence-electron chi connectivity index (χ2n) is 10.2. The van der Waals surface area contributed by atoms with Crippen LogP contribution in [-0.2, 0) is 22.0 Å². The summed E-state index contributed by atoms with van der Waals surface area (Å²) < 4.78 is 31.4. The van der Waals surface area contributed by atoms with E-state index in [0.29, 0.717) is 17.9 Å². The van der Waals surface area contributed by atoms with Crippen LogP contribution in [0.25, 0.3) is 16.5 Å². The van der Waals surface area contributed by atoms with E-state index in [9.17, 15) is 8.42 Å². The van der Waals surface area contributed by atoms with E-state index in [-0.39, 0.29) is 5.54 Å². The smallest absolute Gasteiger partial charge is 0.240 e. The lowest BCUT2D eigenvalue weighted by molar-refractivity contribution is 0.328. The highest BCUT2D eigenvalue weighted by molar-refractivity contribution is 7.89. The lowest BCUT2D eigenvalue weighted by atomic mass is 9.87. The van der Waals surface area contributed by atoms with Crippen molar-refractivity contribution in [1.82, 2.24) is 9.29 Å². The molecular formula is C32H36N2O2S. The van der Waals surface area contributed by atoms with Crippen LogP contribution in [0, 0.1) is 6.92 Å². The predicted molar refractivity (Wildman–Crippen MR) is 153 cm³/mol. The average Bonchev–Trinajstić information content (AvgIpc) is 3.40. The standard InChI is InChI=1S/C32H36N2O2S/c1-4-20-32(21-5-2)23-29(25-11-7-6-8-12-25)31-28(27-13-9-10-14-30(27)34(31)32)19-22-33-37(35,36)26-17-15-24(3)16-18-26/h6-18,23,33H,4-5,19-22H2,1-3H3. The van der Waals surface area contributed by atoms with Crippen LogP contribution in [0.3, 0.4) is 0 Å². The first-order valence-electron chi connectivity index (χ1n) is 13.4. The maximum absolute atomic E-state index is 13.0. The van der Waals surface area contributed by atoms with Gasteiger partial charge in [-0.3, -0.25) is 0 Å². The van der Waals surface area contributed by atoms with E-state index in [0.717, 1.165) is 31.2 Å². The largest absolute Gasteiger partial charge is 0.330 e. The Morgan fingerprint density at radius 1 is 0.838 bits per heavy atom. The van der Waals surface area contributed by atoms with Crippen molar-refractivity contribution >= 4 is 26.5 Å². The van der Waals surface area contributed by atoms with E-state index >= 15 is 0 Å². The highest BCUT2D eigenvalue weighted by Crippen LogP contribution is 2.49. The van der Waals surface area contributed by atoms with E-state index in [1.807, 2.05) is 19.1 Å². The molecule has 0 saturated carbocycles. The molecule has 0 unspecified atom stereocenters. The zero-order valence-corrected chi connectivity index (χ0v) is 22.8. The molecule has 37 heavy (non-hydrogen) atoms. The molecule has 3 aromatic carbocycles. The summed E-state index contributed by atoms with van der Waals surface area (Å²) in [7, 11) is -3.57. The molecule has 0 fully saturated rings. The van der Waals surface area contributed by atoms with Gasteiger partial charge in [-0.25, -0.2) is 13.1 Å². The van der Waals surface area contributed by atoms with Crippen molar-refractivity contribution in [2.75, 3.05) is 6.54 Å². The highest BCUT2D eigenvalue weighted by Gasteiger charge is 2.40. The Labute approximate surface area is 221 Å². The van der Waals surface area contributed by atoms with Crippen LogP contribution >= 0.6 is 0 Å². The summed E-state index contributed by atoms with van der Waals surface area (Å²) in [5.41, 5.74) is 7.12. The number of nitrogens with one attached hydrogen (secondary N) is 1. The molecule has 0 atom stereocenters. The number of para-hydroxylation sites is 1. The number of benzene rings is 3. The molecular weight excluding hydrogens is 476 g/mol. The van der Waals surface area contributed by atoms with Gasteiger partial charge in [-0.15, -0.1) is 0 Å². The molecule has 1 N–H and O–H groups in total. The summed E-state index contributed by atoms with van der Waals surface area (Å²) in [6.45, 7) is 6.82. The Balaban J connectivity index is 1.59. The fourth-order valence-electron chi connectivity index (χ4n) is 6.01. The fourth-order valence-corrected chi connectivity index (χ4v) is 7.05. The predicted octanol–water partition coefficient (Wildman–Crippen LogP) is 7.21. The lowest BCUT2D eigenvalue weighted by Gasteiger charge is -2.31. The first-order valence-corrected chi connectivity index (χ1v) is 14.9. The molecule has 4 nitrogen and oxygen atoms in total. The van der Waals surface area contributed by atoms with E-state index in [4.69, 9.17) is 0 Å². The van der Waals surface area contributed by atoms with E-state index in [2.05, 4.69) is 83.8 Å². The maximum Gasteiger partial charge on any atom is 0.240 e. The van der Waals surface area contributed by atoms with Gasteiger partial charge in [0.15, 0.2) is 0 Å². The van der Waals surface area contributed by atoms with Crippen molar-refractivity contribution in [2.24, 2.45) is 0 Å². The van der Waals surface area contributed by atoms with E-state index in [1.165, 1.54) is 33.3 Å². The van der Waals surface area contributed by atoms with Crippen molar-refractivity contribution < 1.29 is 8.42 Å². The van der Waals surface area contributed by atoms with Gasteiger partial charge in [-0.1, -0.05) is 92.9 Å². The van der Waals surface area contributed by atoms with Gasteiger partial charge in [0.2, 0.25) is 10.0 Å². The molecule has 0 saturated heterocycles. The van der Waals surface area contributed by atoms with Crippen molar-refractivity contribution in [1.29, 1.82) is 0 Å². The zero-order valence-electron chi connectivity index (χ0n) is 22.0. The molecule has 1 aliphatic rings. The molecule has 0 amide bonds. The zero-order chi connectivity index (χ0) is 26.0. The molecule has 0 bridgehead atoms. The molecule has 4 aromatic rings. The molecule has 0 aliphatic carbocycles. The Morgan fingerprint density at radius 3 is 2.16 bits per heavy atom. The summed E-state index contributed by atoms with van der Waals surface area (Å²) in [6, 6.07) is 26.2. The van der Waals surface area contributed by atoms with Gasteiger partial charge in [0, 0.05) is 23.0 Å². The van der Waals surface area contributed by atoms with Crippen molar-refractivity contribution in [2.45, 2.75) is 63.3 Å². The first-order chi connectivity index (χ1) is 17.9. The minimum absolute atomic E-state index is 0.0801. The molecule has 0 spiro atoms. The third-order valence-corrected chi connectivity index (χ3v) is 9.02. The van der Waals surface area contributed by atoms with Crippen LogP contribution in [0.4, 0.5) is 0 Å². The third-order valence-electron chi connectivity index (χ3n) is 7.54. The maximum atomic E-state index is 13.0. The van der Waals surface area contributed by atoms with Crippen LogP contribution in [-0.4, -0.2) is 19.5 Å². The number of fused-ring (bicyclic) bond motifs is 3. The number of nitrogens with zero attached hydrogens (tertiary/aromatic N) is 1. The second-order valence-corrected chi connectivity index (χ2v) is 11.9. The van der Waals surface area contributed by atoms with E-state index < -0.39 is 10.0 Å². The molecule has 5 rings (SSSR count). The number of aromatic nitrogens is 1. The monoisotopic (exact) mass is 512 g/mol. The third kappa shape index (κ3) is 4.67. The number of rotatable bonds is 10. The van der Waals surface area contributed by atoms with Crippen molar-refractivity contribution in [3.05, 3.63) is 107 Å². The minimum Gasteiger partial charge on any atom is -0.330 e. The highest BCUT2D eigenvalue weighted by atomic mass is 32.2. The van der Waals surface area contributed by atoms with Gasteiger partial charge in [-0.05, 0) is 61.6 Å². The first kappa shape index (κ1) is 25.5. The second kappa shape index (κ2) is 10.3. The van der Waals surface area contributed by atoms with Crippen LogP contribution in [0.5, 0.6) is 0 Å². The topological polar surface area (TPSA) is 51.1 Å². The fraction of sp³-hybridized carbons (Fsp3) is 0.312. The molecule has 1 aliphatic heterocycles. The van der Waals surface area contributed by atoms with Crippen molar-refractivity contribution in [3.63, 3.8) is 0 Å². The van der Waals surface area contributed by atoms with Gasteiger partial charge >= 0.3 is 0 Å². The SMILES string of the molecule is CCCC1(CCC)C=C(c2ccccc2)c2c(CCNS(=O)(=O)c3ccc(C)cc3)c3ccccc3n21. The van der Waals surface area contributed by atoms with Gasteiger partial charge in [-0.2, -0.15) is 0 Å². The molecule has 0 radical (unpaired) electrons. The van der Waals surface area contributed by atoms with Crippen LogP contribution in [0.1, 0.15) is 61.9 Å². The number of allylic oxidation sites excluding steroid dienone is 1. The summed E-state index contributed by atoms with van der Waals surface area (Å²) in [6.07, 6.45) is 7.45. The van der Waals surface area contributed by atoms with Crippen LogP contribution < -0.4 is 4.72 Å². The lowest BCUT2D eigenvalue weighted by Crippen LogP contribution is -2.29. The molecule has 5 heteroatoms. The average molecular weight is 513 g/mol. The molecule has 2 heterocycles.